The Bertz CT molecular complexity index is 705. The largest absolute Gasteiger partial charge is 0.475 e. The summed E-state index contributed by atoms with van der Waals surface area (Å²) in [6.07, 6.45) is 0.568. The van der Waals surface area contributed by atoms with E-state index in [-0.39, 0.29) is 16.1 Å². The third kappa shape index (κ3) is 3.48. The smallest absolute Gasteiger partial charge is 0.371 e. The number of carboxylic acid groups (broad SMARTS) is 1. The van der Waals surface area contributed by atoms with Crippen molar-refractivity contribution in [1.82, 2.24) is 4.72 Å². The van der Waals surface area contributed by atoms with Crippen molar-refractivity contribution < 1.29 is 22.7 Å². The van der Waals surface area contributed by atoms with E-state index in [0.717, 1.165) is 10.9 Å². The predicted octanol–water partition coefficient (Wildman–Crippen LogP) is 2.32. The van der Waals surface area contributed by atoms with Crippen LogP contribution in [0.2, 0.25) is 0 Å². The fraction of sp³-hybridized carbons (Fsp3) is 0.182. The molecule has 2 N–H and O–H groups in total. The van der Waals surface area contributed by atoms with Crippen LogP contribution in [0.3, 0.4) is 0 Å². The van der Waals surface area contributed by atoms with E-state index in [1.54, 1.807) is 11.3 Å². The van der Waals surface area contributed by atoms with Crippen molar-refractivity contribution in [2.24, 2.45) is 0 Å². The second-order valence-electron chi connectivity index (χ2n) is 3.78. The number of hydrogen-bond acceptors (Lipinski definition) is 5. The summed E-state index contributed by atoms with van der Waals surface area (Å²) in [4.78, 5) is 11.6. The molecular weight excluding hydrogens is 370 g/mol. The third-order valence-electron chi connectivity index (χ3n) is 2.40. The van der Waals surface area contributed by atoms with Gasteiger partial charge in [0, 0.05) is 17.5 Å². The van der Waals surface area contributed by atoms with Crippen LogP contribution < -0.4 is 4.72 Å². The molecule has 0 unspecified atom stereocenters. The Labute approximate surface area is 127 Å². The van der Waals surface area contributed by atoms with E-state index in [9.17, 15) is 13.2 Å². The average molecular weight is 380 g/mol. The van der Waals surface area contributed by atoms with Crippen LogP contribution in [0.4, 0.5) is 0 Å². The first-order valence-electron chi connectivity index (χ1n) is 5.45. The highest BCUT2D eigenvalue weighted by Crippen LogP contribution is 2.26. The lowest BCUT2D eigenvalue weighted by molar-refractivity contribution is 0.0661. The molecular formula is C11H10BrNO5S2. The molecule has 20 heavy (non-hydrogen) atoms. The van der Waals surface area contributed by atoms with Gasteiger partial charge < -0.3 is 9.52 Å². The van der Waals surface area contributed by atoms with Crippen LogP contribution in [0.1, 0.15) is 15.4 Å². The van der Waals surface area contributed by atoms with Crippen molar-refractivity contribution in [2.45, 2.75) is 11.3 Å². The summed E-state index contributed by atoms with van der Waals surface area (Å²) in [6.45, 7) is 0.225. The Morgan fingerprint density at radius 1 is 1.50 bits per heavy atom. The summed E-state index contributed by atoms with van der Waals surface area (Å²) in [5.41, 5.74) is 0. The normalized spacial score (nSPS) is 11.7. The highest BCUT2D eigenvalue weighted by Gasteiger charge is 2.24. The first kappa shape index (κ1) is 15.2. The van der Waals surface area contributed by atoms with Gasteiger partial charge in [-0.3, -0.25) is 0 Å². The zero-order valence-corrected chi connectivity index (χ0v) is 13.2. The summed E-state index contributed by atoms with van der Waals surface area (Å²) in [6, 6.07) is 4.77. The second kappa shape index (κ2) is 6.08. The molecule has 2 aromatic heterocycles. The van der Waals surface area contributed by atoms with Gasteiger partial charge in [0.05, 0.1) is 0 Å². The van der Waals surface area contributed by atoms with Crippen molar-refractivity contribution in [2.75, 3.05) is 6.54 Å². The van der Waals surface area contributed by atoms with Gasteiger partial charge >= 0.3 is 5.97 Å². The fourth-order valence-electron chi connectivity index (χ4n) is 1.48. The maximum Gasteiger partial charge on any atom is 0.371 e. The Balaban J connectivity index is 2.08. The molecule has 6 nitrogen and oxygen atoms in total. The van der Waals surface area contributed by atoms with Gasteiger partial charge in [0.2, 0.25) is 15.8 Å². The van der Waals surface area contributed by atoms with E-state index >= 15 is 0 Å². The quantitative estimate of drug-likeness (QED) is 0.802. The number of furan rings is 1. The van der Waals surface area contributed by atoms with E-state index in [4.69, 9.17) is 9.52 Å². The van der Waals surface area contributed by atoms with Crippen molar-refractivity contribution in [3.8, 4) is 0 Å². The monoisotopic (exact) mass is 379 g/mol. The van der Waals surface area contributed by atoms with Gasteiger partial charge in [0.25, 0.3) is 0 Å². The van der Waals surface area contributed by atoms with Gasteiger partial charge in [-0.1, -0.05) is 6.07 Å². The molecule has 2 rings (SSSR count). The number of rotatable bonds is 6. The Kier molecular flexibility index (Phi) is 4.63. The van der Waals surface area contributed by atoms with E-state index < -0.39 is 21.8 Å². The molecule has 9 heteroatoms. The van der Waals surface area contributed by atoms with Gasteiger partial charge in [-0.15, -0.1) is 11.3 Å². The number of aromatic carboxylic acids is 1. The van der Waals surface area contributed by atoms with Crippen LogP contribution in [-0.2, 0) is 16.4 Å². The van der Waals surface area contributed by atoms with Crippen LogP contribution in [-0.4, -0.2) is 26.0 Å². The lowest BCUT2D eigenvalue weighted by Crippen LogP contribution is -2.25. The van der Waals surface area contributed by atoms with Crippen LogP contribution in [0.15, 0.2) is 37.6 Å². The molecule has 0 aliphatic carbocycles. The maximum absolute atomic E-state index is 12.0. The highest BCUT2D eigenvalue weighted by molar-refractivity contribution is 9.10. The number of carboxylic acids is 1. The number of thiophene rings is 1. The Hall–Kier alpha value is -1.16. The average Bonchev–Trinajstić information content (AvgIpc) is 2.98. The van der Waals surface area contributed by atoms with Crippen molar-refractivity contribution in [3.05, 3.63) is 38.9 Å². The molecule has 2 aromatic rings. The number of hydrogen-bond donors (Lipinski definition) is 2. The Morgan fingerprint density at radius 2 is 2.25 bits per heavy atom. The number of sulfonamides is 1. The third-order valence-corrected chi connectivity index (χ3v) is 5.65. The molecule has 108 valence electrons. The molecule has 0 spiro atoms. The summed E-state index contributed by atoms with van der Waals surface area (Å²) in [7, 11) is -3.81. The maximum atomic E-state index is 12.0. The summed E-state index contributed by atoms with van der Waals surface area (Å²) >= 11 is 4.44. The molecule has 0 saturated heterocycles. The van der Waals surface area contributed by atoms with E-state index in [0.29, 0.717) is 6.42 Å². The number of halogens is 1. The van der Waals surface area contributed by atoms with Gasteiger partial charge in [0.1, 0.15) is 4.90 Å². The van der Waals surface area contributed by atoms with E-state index in [1.807, 2.05) is 17.5 Å². The van der Waals surface area contributed by atoms with E-state index in [2.05, 4.69) is 20.7 Å². The molecule has 2 heterocycles. The van der Waals surface area contributed by atoms with Crippen molar-refractivity contribution >= 4 is 43.3 Å². The fourth-order valence-corrected chi connectivity index (χ4v) is 4.16. The minimum atomic E-state index is -3.81. The van der Waals surface area contributed by atoms with Crippen LogP contribution >= 0.6 is 27.3 Å². The van der Waals surface area contributed by atoms with Crippen molar-refractivity contribution in [1.29, 1.82) is 0 Å². The van der Waals surface area contributed by atoms with Gasteiger partial charge in [-0.05, 0) is 33.8 Å². The van der Waals surface area contributed by atoms with Gasteiger partial charge in [-0.25, -0.2) is 17.9 Å². The lowest BCUT2D eigenvalue weighted by atomic mass is 10.3. The molecule has 0 aromatic carbocycles. The zero-order valence-electron chi connectivity index (χ0n) is 10.00. The minimum Gasteiger partial charge on any atom is -0.475 e. The van der Waals surface area contributed by atoms with E-state index in [1.165, 1.54) is 0 Å². The highest BCUT2D eigenvalue weighted by atomic mass is 79.9. The van der Waals surface area contributed by atoms with Crippen LogP contribution in [0.25, 0.3) is 0 Å². The molecule has 0 amide bonds. The lowest BCUT2D eigenvalue weighted by Gasteiger charge is -2.03. The zero-order chi connectivity index (χ0) is 14.8. The Morgan fingerprint density at radius 3 is 2.80 bits per heavy atom. The minimum absolute atomic E-state index is 0.126. The first-order valence-corrected chi connectivity index (χ1v) is 8.60. The molecule has 0 radical (unpaired) electrons. The standard InChI is InChI=1S/C11H10BrNO5S2/c12-10-9(6-8(18-10)11(14)15)20(16,17)13-4-3-7-2-1-5-19-7/h1-2,5-6,13H,3-4H2,(H,14,15). The molecule has 0 bridgehead atoms. The van der Waals surface area contributed by atoms with Crippen molar-refractivity contribution in [3.63, 3.8) is 0 Å². The number of carbonyl (C=O) groups is 1. The van der Waals surface area contributed by atoms with Gasteiger partial charge in [0.15, 0.2) is 4.67 Å². The molecule has 0 aliphatic rings. The van der Waals surface area contributed by atoms with Crippen LogP contribution in [0, 0.1) is 0 Å². The topological polar surface area (TPSA) is 96.6 Å². The summed E-state index contributed by atoms with van der Waals surface area (Å²) < 4.78 is 31.1. The predicted molar refractivity (Wildman–Crippen MR) is 76.6 cm³/mol. The summed E-state index contributed by atoms with van der Waals surface area (Å²) in [5.74, 6) is -1.76. The molecule has 0 saturated carbocycles. The van der Waals surface area contributed by atoms with Gasteiger partial charge in [-0.2, -0.15) is 0 Å². The van der Waals surface area contributed by atoms with Crippen LogP contribution in [0.5, 0.6) is 0 Å². The molecule has 0 aliphatic heterocycles. The first-order chi connectivity index (χ1) is 9.40. The summed E-state index contributed by atoms with van der Waals surface area (Å²) in [5, 5.41) is 10.7. The molecule has 0 fully saturated rings. The SMILES string of the molecule is O=C(O)c1cc(S(=O)(=O)NCCc2cccs2)c(Br)o1. The number of nitrogens with one attached hydrogen (secondary N) is 1. The second-order valence-corrected chi connectivity index (χ2v) is 7.27. The molecule has 0 atom stereocenters.